The lowest BCUT2D eigenvalue weighted by atomic mass is 9.84. The van der Waals surface area contributed by atoms with E-state index in [1.165, 1.54) is 37.3 Å². The molecule has 3 aliphatic rings. The van der Waals surface area contributed by atoms with Crippen molar-refractivity contribution in [1.29, 1.82) is 0 Å². The lowest BCUT2D eigenvalue weighted by Crippen LogP contribution is -2.57. The Morgan fingerprint density at radius 3 is 2.92 bits per heavy atom. The highest BCUT2D eigenvalue weighted by Gasteiger charge is 2.35. The standard InChI is InChI=1S/C18H21N3O2S/c1-12-3-2-4-14(9-12)23-16-10-19-18(24-16)17(22)20-15-11-21-7-5-13(15)6-8-21/h2-4,9-10,13,15H,5-8,11H2,1H3,(H,20,22). The van der Waals surface area contributed by atoms with Crippen molar-refractivity contribution < 1.29 is 9.53 Å². The van der Waals surface area contributed by atoms with Crippen LogP contribution in [0.25, 0.3) is 0 Å². The van der Waals surface area contributed by atoms with Crippen molar-refractivity contribution in [3.05, 3.63) is 41.0 Å². The van der Waals surface area contributed by atoms with Crippen LogP contribution in [0.15, 0.2) is 30.5 Å². The minimum Gasteiger partial charge on any atom is -0.445 e. The minimum atomic E-state index is -0.0853. The van der Waals surface area contributed by atoms with E-state index in [-0.39, 0.29) is 11.9 Å². The van der Waals surface area contributed by atoms with E-state index in [9.17, 15) is 4.79 Å². The number of hydrogen-bond acceptors (Lipinski definition) is 5. The molecule has 1 N–H and O–H groups in total. The molecule has 0 spiro atoms. The monoisotopic (exact) mass is 343 g/mol. The Bertz CT molecular complexity index is 737. The maximum atomic E-state index is 12.5. The van der Waals surface area contributed by atoms with E-state index in [1.54, 1.807) is 6.20 Å². The number of fused-ring (bicyclic) bond motifs is 3. The van der Waals surface area contributed by atoms with Crippen molar-refractivity contribution in [1.82, 2.24) is 15.2 Å². The van der Waals surface area contributed by atoms with Gasteiger partial charge in [-0.25, -0.2) is 4.98 Å². The summed E-state index contributed by atoms with van der Waals surface area (Å²) >= 11 is 1.29. The number of rotatable bonds is 4. The molecular formula is C18H21N3O2S. The predicted octanol–water partition coefficient (Wildman–Crippen LogP) is 3.07. The van der Waals surface area contributed by atoms with Gasteiger partial charge < -0.3 is 15.0 Å². The predicted molar refractivity (Wildman–Crippen MR) is 93.8 cm³/mol. The average molecular weight is 343 g/mol. The molecular weight excluding hydrogens is 322 g/mol. The summed E-state index contributed by atoms with van der Waals surface area (Å²) in [5.41, 5.74) is 1.14. The lowest BCUT2D eigenvalue weighted by molar-refractivity contribution is 0.0620. The van der Waals surface area contributed by atoms with Gasteiger partial charge in [0.1, 0.15) is 5.75 Å². The number of thiazole rings is 1. The highest BCUT2D eigenvalue weighted by molar-refractivity contribution is 7.15. The first-order valence-corrected chi connectivity index (χ1v) is 9.22. The SMILES string of the molecule is Cc1cccc(Oc2cnc(C(=O)NC3CN4CCC3CC4)s2)c1. The van der Waals surface area contributed by atoms with Crippen LogP contribution >= 0.6 is 11.3 Å². The summed E-state index contributed by atoms with van der Waals surface area (Å²) in [7, 11) is 0. The van der Waals surface area contributed by atoms with Crippen molar-refractivity contribution in [2.24, 2.45) is 5.92 Å². The molecule has 0 aliphatic carbocycles. The average Bonchev–Trinajstić information content (AvgIpc) is 3.05. The second-order valence-electron chi connectivity index (χ2n) is 6.62. The third-order valence-corrected chi connectivity index (χ3v) is 5.73. The van der Waals surface area contributed by atoms with E-state index in [1.807, 2.05) is 31.2 Å². The summed E-state index contributed by atoms with van der Waals surface area (Å²) in [4.78, 5) is 19.1. The van der Waals surface area contributed by atoms with Crippen LogP contribution in [0.4, 0.5) is 0 Å². The van der Waals surface area contributed by atoms with Crippen LogP contribution in [0.2, 0.25) is 0 Å². The van der Waals surface area contributed by atoms with Gasteiger partial charge in [-0.05, 0) is 56.5 Å². The Kier molecular flexibility index (Phi) is 4.24. The minimum absolute atomic E-state index is 0.0853. The first kappa shape index (κ1) is 15.6. The summed E-state index contributed by atoms with van der Waals surface area (Å²) < 4.78 is 5.80. The summed E-state index contributed by atoms with van der Waals surface area (Å²) in [5, 5.41) is 4.27. The molecule has 126 valence electrons. The lowest BCUT2D eigenvalue weighted by Gasteiger charge is -2.44. The smallest absolute Gasteiger partial charge is 0.280 e. The molecule has 3 aliphatic heterocycles. The zero-order valence-corrected chi connectivity index (χ0v) is 14.5. The van der Waals surface area contributed by atoms with Crippen LogP contribution in [0.3, 0.4) is 0 Å². The molecule has 1 aromatic heterocycles. The zero-order chi connectivity index (χ0) is 16.5. The van der Waals surface area contributed by atoms with Crippen molar-refractivity contribution >= 4 is 17.2 Å². The molecule has 1 unspecified atom stereocenters. The number of nitrogens with zero attached hydrogens (tertiary/aromatic N) is 2. The fourth-order valence-corrected chi connectivity index (χ4v) is 4.26. The number of aryl methyl sites for hydroxylation is 1. The molecule has 2 bridgehead atoms. The van der Waals surface area contributed by atoms with Gasteiger partial charge in [-0.3, -0.25) is 4.79 Å². The summed E-state index contributed by atoms with van der Waals surface area (Å²) in [6.45, 7) is 5.33. The van der Waals surface area contributed by atoms with Crippen LogP contribution in [-0.4, -0.2) is 41.5 Å². The second-order valence-corrected chi connectivity index (χ2v) is 7.61. The quantitative estimate of drug-likeness (QED) is 0.927. The van der Waals surface area contributed by atoms with E-state index < -0.39 is 0 Å². The molecule has 24 heavy (non-hydrogen) atoms. The molecule has 6 heteroatoms. The third-order valence-electron chi connectivity index (χ3n) is 4.86. The van der Waals surface area contributed by atoms with Crippen LogP contribution in [-0.2, 0) is 0 Å². The van der Waals surface area contributed by atoms with Crippen LogP contribution in [0.5, 0.6) is 10.8 Å². The van der Waals surface area contributed by atoms with Gasteiger partial charge in [0.15, 0.2) is 5.01 Å². The Hall–Kier alpha value is -1.92. The number of carbonyl (C=O) groups is 1. The highest BCUT2D eigenvalue weighted by Crippen LogP contribution is 2.30. The molecule has 0 radical (unpaired) electrons. The molecule has 3 saturated heterocycles. The van der Waals surface area contributed by atoms with Crippen molar-refractivity contribution in [3.63, 3.8) is 0 Å². The topological polar surface area (TPSA) is 54.5 Å². The number of nitrogens with one attached hydrogen (secondary N) is 1. The fraction of sp³-hybridized carbons (Fsp3) is 0.444. The Morgan fingerprint density at radius 2 is 2.21 bits per heavy atom. The maximum Gasteiger partial charge on any atom is 0.280 e. The highest BCUT2D eigenvalue weighted by atomic mass is 32.1. The van der Waals surface area contributed by atoms with E-state index >= 15 is 0 Å². The molecule has 0 saturated carbocycles. The van der Waals surface area contributed by atoms with Gasteiger partial charge in [0.05, 0.1) is 6.20 Å². The Morgan fingerprint density at radius 1 is 1.38 bits per heavy atom. The molecule has 3 fully saturated rings. The van der Waals surface area contributed by atoms with Crippen LogP contribution in [0, 0.1) is 12.8 Å². The van der Waals surface area contributed by atoms with Crippen molar-refractivity contribution in [2.45, 2.75) is 25.8 Å². The van der Waals surface area contributed by atoms with Crippen molar-refractivity contribution in [2.75, 3.05) is 19.6 Å². The first-order valence-electron chi connectivity index (χ1n) is 8.41. The molecule has 1 aromatic carbocycles. The van der Waals surface area contributed by atoms with Gasteiger partial charge in [-0.2, -0.15) is 0 Å². The van der Waals surface area contributed by atoms with Gasteiger partial charge in [0.25, 0.3) is 5.91 Å². The van der Waals surface area contributed by atoms with Gasteiger partial charge >= 0.3 is 0 Å². The number of amides is 1. The number of aromatic nitrogens is 1. The summed E-state index contributed by atoms with van der Waals surface area (Å²) in [5.74, 6) is 1.29. The third kappa shape index (κ3) is 3.30. The van der Waals surface area contributed by atoms with Gasteiger partial charge in [-0.15, -0.1) is 0 Å². The second kappa shape index (κ2) is 6.53. The Balaban J connectivity index is 1.40. The molecule has 4 heterocycles. The van der Waals surface area contributed by atoms with Gasteiger partial charge in [0, 0.05) is 12.6 Å². The molecule has 2 aromatic rings. The normalized spacial score (nSPS) is 25.5. The van der Waals surface area contributed by atoms with Gasteiger partial charge in [-0.1, -0.05) is 23.5 Å². The van der Waals surface area contributed by atoms with E-state index in [4.69, 9.17) is 4.74 Å². The maximum absolute atomic E-state index is 12.5. The van der Waals surface area contributed by atoms with E-state index in [0.29, 0.717) is 16.0 Å². The van der Waals surface area contributed by atoms with Crippen molar-refractivity contribution in [3.8, 4) is 10.8 Å². The van der Waals surface area contributed by atoms with Crippen LogP contribution < -0.4 is 10.1 Å². The molecule has 1 amide bonds. The number of benzene rings is 1. The number of hydrogen-bond donors (Lipinski definition) is 1. The Labute approximate surface area is 145 Å². The van der Waals surface area contributed by atoms with Gasteiger partial charge in [0.2, 0.25) is 5.06 Å². The first-order chi connectivity index (χ1) is 11.7. The van der Waals surface area contributed by atoms with Crippen LogP contribution in [0.1, 0.15) is 28.2 Å². The zero-order valence-electron chi connectivity index (χ0n) is 13.7. The molecule has 5 nitrogen and oxygen atoms in total. The number of piperidine rings is 3. The van der Waals surface area contributed by atoms with E-state index in [2.05, 4.69) is 15.2 Å². The number of ether oxygens (including phenoxy) is 1. The fourth-order valence-electron chi connectivity index (χ4n) is 3.57. The number of carbonyl (C=O) groups excluding carboxylic acids is 1. The molecule has 5 rings (SSSR count). The largest absolute Gasteiger partial charge is 0.445 e. The molecule has 1 atom stereocenters. The van der Waals surface area contributed by atoms with E-state index in [0.717, 1.165) is 17.9 Å². The summed E-state index contributed by atoms with van der Waals surface area (Å²) in [6.07, 6.45) is 3.99. The summed E-state index contributed by atoms with van der Waals surface area (Å²) in [6, 6.07) is 8.09.